The summed E-state index contributed by atoms with van der Waals surface area (Å²) in [6.45, 7) is 0.852. The molecule has 0 saturated heterocycles. The number of aromatic nitrogens is 2. The van der Waals surface area contributed by atoms with E-state index in [4.69, 9.17) is 25.8 Å². The molecule has 1 aliphatic rings. The zero-order chi connectivity index (χ0) is 28.8. The lowest BCUT2D eigenvalue weighted by atomic mass is 10.2. The molecule has 212 valence electrons. The molecule has 0 amide bonds. The zero-order valence-electron chi connectivity index (χ0n) is 22.4. The number of carbonyl (C=O) groups excluding carboxylic acids is 1. The number of esters is 1. The predicted octanol–water partition coefficient (Wildman–Crippen LogP) is 5.02. The summed E-state index contributed by atoms with van der Waals surface area (Å²) in [4.78, 5) is 26.8. The molecule has 0 radical (unpaired) electrons. The van der Waals surface area contributed by atoms with Gasteiger partial charge in [0.25, 0.3) is 6.02 Å². The molecule has 3 aromatic carbocycles. The van der Waals surface area contributed by atoms with Gasteiger partial charge in [0.15, 0.2) is 0 Å². The van der Waals surface area contributed by atoms with Crippen LogP contribution in [0.5, 0.6) is 5.75 Å². The number of halogens is 2. The van der Waals surface area contributed by atoms with Crippen molar-refractivity contribution in [2.45, 2.75) is 12.6 Å². The van der Waals surface area contributed by atoms with Gasteiger partial charge in [-0.05, 0) is 68.2 Å². The zero-order valence-corrected chi connectivity index (χ0v) is 23.2. The summed E-state index contributed by atoms with van der Waals surface area (Å²) in [5, 5.41) is 7.59. The van der Waals surface area contributed by atoms with Crippen LogP contribution in [0.2, 0.25) is 5.02 Å². The number of benzene rings is 3. The van der Waals surface area contributed by atoms with Gasteiger partial charge in [-0.2, -0.15) is 0 Å². The Hall–Kier alpha value is -4.48. The molecular formula is C29H28ClFN6O4. The molecule has 0 spiro atoms. The van der Waals surface area contributed by atoms with Crippen LogP contribution in [0.4, 0.5) is 21.6 Å². The smallest absolute Gasteiger partial charge is 0.320 e. The Morgan fingerprint density at radius 1 is 1.10 bits per heavy atom. The van der Waals surface area contributed by atoms with E-state index in [0.717, 1.165) is 16.6 Å². The number of likely N-dealkylation sites (N-methyl/N-ethyl adjacent to an activating group) is 1. The molecule has 0 aliphatic carbocycles. The average Bonchev–Trinajstić information content (AvgIpc) is 3.39. The van der Waals surface area contributed by atoms with Gasteiger partial charge >= 0.3 is 5.97 Å². The van der Waals surface area contributed by atoms with Crippen molar-refractivity contribution >= 4 is 51.7 Å². The second-order valence-electron chi connectivity index (χ2n) is 9.59. The maximum absolute atomic E-state index is 13.4. The van der Waals surface area contributed by atoms with Crippen LogP contribution in [0.1, 0.15) is 5.56 Å². The van der Waals surface area contributed by atoms with Crippen LogP contribution < -0.4 is 15.4 Å². The molecular weight excluding hydrogens is 551 g/mol. The summed E-state index contributed by atoms with van der Waals surface area (Å²) >= 11 is 6.47. The minimum Gasteiger partial charge on any atom is -0.487 e. The Morgan fingerprint density at radius 2 is 1.93 bits per heavy atom. The van der Waals surface area contributed by atoms with E-state index in [-0.39, 0.29) is 37.6 Å². The van der Waals surface area contributed by atoms with E-state index in [1.807, 2.05) is 24.3 Å². The molecule has 5 rings (SSSR count). The number of carbonyl (C=O) groups is 1. The Bertz CT molecular complexity index is 1580. The highest BCUT2D eigenvalue weighted by molar-refractivity contribution is 6.32. The number of aliphatic imine (C=N–C) groups is 1. The number of amidine groups is 1. The Morgan fingerprint density at radius 3 is 2.73 bits per heavy atom. The molecule has 41 heavy (non-hydrogen) atoms. The molecule has 4 aromatic rings. The third-order valence-corrected chi connectivity index (χ3v) is 6.25. The fraction of sp³-hybridized carbons (Fsp3) is 0.241. The fourth-order valence-corrected chi connectivity index (χ4v) is 4.27. The molecule has 12 heteroatoms. The lowest BCUT2D eigenvalue weighted by Crippen LogP contribution is -2.26. The van der Waals surface area contributed by atoms with Crippen molar-refractivity contribution in [1.82, 2.24) is 14.9 Å². The highest BCUT2D eigenvalue weighted by atomic mass is 35.5. The van der Waals surface area contributed by atoms with Crippen LogP contribution >= 0.6 is 11.6 Å². The molecule has 2 N–H and O–H groups in total. The standard InChI is InChI=1S/C29H28ClFN6O4/c1-37(2)13-27(38)40-15-22-16-41-29(36-22)35-20-6-8-25-23(11-20)28(33-17-32-25)34-21-7-9-26(24(30)12-21)39-14-18-4-3-5-19(31)10-18/h3-12,17,22H,13-16H2,1-2H3,(H,35,36)(H,32,33,34). The quantitative estimate of drug-likeness (QED) is 0.251. The van der Waals surface area contributed by atoms with Gasteiger partial charge in [-0.1, -0.05) is 23.7 Å². The lowest BCUT2D eigenvalue weighted by Gasteiger charge is -2.13. The Balaban J connectivity index is 1.24. The van der Waals surface area contributed by atoms with Gasteiger partial charge in [0, 0.05) is 16.8 Å². The molecule has 0 fully saturated rings. The van der Waals surface area contributed by atoms with Crippen molar-refractivity contribution in [2.75, 3.05) is 44.5 Å². The summed E-state index contributed by atoms with van der Waals surface area (Å²) in [5.41, 5.74) is 2.85. The van der Waals surface area contributed by atoms with E-state index in [1.165, 1.54) is 18.5 Å². The van der Waals surface area contributed by atoms with Crippen LogP contribution in [0.3, 0.4) is 0 Å². The molecule has 1 aliphatic heterocycles. The number of nitrogens with one attached hydrogen (secondary N) is 2. The number of nitrogens with zero attached hydrogens (tertiary/aromatic N) is 4. The molecule has 10 nitrogen and oxygen atoms in total. The molecule has 1 atom stereocenters. The van der Waals surface area contributed by atoms with E-state index in [0.29, 0.717) is 40.5 Å². The van der Waals surface area contributed by atoms with Gasteiger partial charge in [0.05, 0.1) is 17.1 Å². The topological polar surface area (TPSA) is 110 Å². The summed E-state index contributed by atoms with van der Waals surface area (Å²) in [6.07, 6.45) is 1.47. The highest BCUT2D eigenvalue weighted by Crippen LogP contribution is 2.31. The average molecular weight is 579 g/mol. The first-order chi connectivity index (χ1) is 19.8. The third kappa shape index (κ3) is 7.59. The van der Waals surface area contributed by atoms with Crippen LogP contribution in [-0.4, -0.2) is 66.8 Å². The Labute approximate surface area is 241 Å². The van der Waals surface area contributed by atoms with Crippen molar-refractivity contribution in [1.29, 1.82) is 0 Å². The van der Waals surface area contributed by atoms with Crippen molar-refractivity contribution in [3.05, 3.63) is 83.4 Å². The minimum absolute atomic E-state index is 0.147. The first-order valence-electron chi connectivity index (χ1n) is 12.8. The van der Waals surface area contributed by atoms with E-state index in [1.54, 1.807) is 43.3 Å². The maximum atomic E-state index is 13.4. The number of rotatable bonds is 10. The highest BCUT2D eigenvalue weighted by Gasteiger charge is 2.21. The molecule has 0 bridgehead atoms. The van der Waals surface area contributed by atoms with Crippen molar-refractivity contribution in [2.24, 2.45) is 4.99 Å². The van der Waals surface area contributed by atoms with E-state index >= 15 is 0 Å². The minimum atomic E-state index is -0.321. The van der Waals surface area contributed by atoms with Crippen LogP contribution in [0.15, 0.2) is 72.0 Å². The van der Waals surface area contributed by atoms with Gasteiger partial charge in [0.2, 0.25) is 0 Å². The van der Waals surface area contributed by atoms with Crippen LogP contribution in [0, 0.1) is 5.82 Å². The van der Waals surface area contributed by atoms with Gasteiger partial charge in [-0.15, -0.1) is 0 Å². The van der Waals surface area contributed by atoms with Gasteiger partial charge in [0.1, 0.15) is 49.6 Å². The Kier molecular flexibility index (Phi) is 8.76. The lowest BCUT2D eigenvalue weighted by molar-refractivity contribution is -0.144. The van der Waals surface area contributed by atoms with E-state index in [2.05, 4.69) is 25.6 Å². The van der Waals surface area contributed by atoms with Crippen LogP contribution in [-0.2, 0) is 20.9 Å². The summed E-state index contributed by atoms with van der Waals surface area (Å²) in [6, 6.07) is 17.2. The fourth-order valence-electron chi connectivity index (χ4n) is 4.04. The number of hydrogen-bond acceptors (Lipinski definition) is 10. The van der Waals surface area contributed by atoms with Crippen molar-refractivity contribution < 1.29 is 23.4 Å². The molecule has 0 saturated carbocycles. The van der Waals surface area contributed by atoms with Crippen molar-refractivity contribution in [3.8, 4) is 5.75 Å². The first kappa shape index (κ1) is 28.1. The molecule has 1 aromatic heterocycles. The second kappa shape index (κ2) is 12.8. The number of fused-ring (bicyclic) bond motifs is 1. The van der Waals surface area contributed by atoms with E-state index < -0.39 is 0 Å². The van der Waals surface area contributed by atoms with Gasteiger partial charge < -0.3 is 24.8 Å². The first-order valence-corrected chi connectivity index (χ1v) is 13.2. The van der Waals surface area contributed by atoms with Crippen molar-refractivity contribution in [3.63, 3.8) is 0 Å². The maximum Gasteiger partial charge on any atom is 0.320 e. The van der Waals surface area contributed by atoms with Gasteiger partial charge in [-0.3, -0.25) is 9.69 Å². The number of anilines is 3. The van der Waals surface area contributed by atoms with Crippen LogP contribution in [0.25, 0.3) is 10.9 Å². The second-order valence-corrected chi connectivity index (χ2v) is 10.00. The number of ether oxygens (including phenoxy) is 3. The van der Waals surface area contributed by atoms with Gasteiger partial charge in [-0.25, -0.2) is 19.4 Å². The number of hydrogen-bond donors (Lipinski definition) is 2. The summed E-state index contributed by atoms with van der Waals surface area (Å²) in [5.74, 6) is 0.416. The molecule has 2 heterocycles. The summed E-state index contributed by atoms with van der Waals surface area (Å²) < 4.78 is 30.1. The van der Waals surface area contributed by atoms with E-state index in [9.17, 15) is 9.18 Å². The predicted molar refractivity (Wildman–Crippen MR) is 155 cm³/mol. The monoisotopic (exact) mass is 578 g/mol. The molecule has 1 unspecified atom stereocenters. The largest absolute Gasteiger partial charge is 0.487 e. The third-order valence-electron chi connectivity index (χ3n) is 5.96. The SMILES string of the molecule is CN(C)CC(=O)OCC1COC(Nc2ccc3ncnc(Nc4ccc(OCc5cccc(F)c5)c(Cl)c4)c3c2)=N1. The normalized spacial score (nSPS) is 14.5. The summed E-state index contributed by atoms with van der Waals surface area (Å²) in [7, 11) is 3.60.